The van der Waals surface area contributed by atoms with Gasteiger partial charge in [-0.3, -0.25) is 19.3 Å². The van der Waals surface area contributed by atoms with Crippen molar-refractivity contribution < 1.29 is 29.1 Å². The number of carbonyl (C=O) groups is 4. The second kappa shape index (κ2) is 11.8. The van der Waals surface area contributed by atoms with Crippen LogP contribution in [0.15, 0.2) is 38.3 Å². The maximum absolute atomic E-state index is 13.3. The summed E-state index contributed by atoms with van der Waals surface area (Å²) in [5, 5.41) is 29.1. The Kier molecular flexibility index (Phi) is 8.29. The second-order valence-electron chi connectivity index (χ2n) is 8.38. The maximum Gasteiger partial charge on any atom is 0.352 e. The maximum atomic E-state index is 13.3. The van der Waals surface area contributed by atoms with E-state index in [4.69, 9.17) is 4.84 Å². The Bertz CT molecular complexity index is 1400. The molecule has 3 N–H and O–H groups in total. The number of fused-ring (bicyclic) bond motifs is 1. The van der Waals surface area contributed by atoms with Crippen LogP contribution in [0.25, 0.3) is 0 Å². The molecule has 1 aliphatic carbocycles. The zero-order valence-corrected chi connectivity index (χ0v) is 23.5. The summed E-state index contributed by atoms with van der Waals surface area (Å²) >= 11 is 5.25. The molecule has 204 valence electrons. The number of nitrogens with zero attached hydrogens (tertiary/aromatic N) is 5. The van der Waals surface area contributed by atoms with Gasteiger partial charge in [0.15, 0.2) is 15.2 Å². The predicted molar refractivity (Wildman–Crippen MR) is 147 cm³/mol. The number of thiazole rings is 1. The van der Waals surface area contributed by atoms with E-state index in [2.05, 4.69) is 31.0 Å². The third-order valence-electron chi connectivity index (χ3n) is 5.81. The number of hydrogen-bond acceptors (Lipinski definition) is 13. The number of oxime groups is 1. The molecule has 2 aromatic heterocycles. The van der Waals surface area contributed by atoms with E-state index in [1.165, 1.54) is 45.1 Å². The molecule has 3 amide bonds. The molecule has 2 aliphatic heterocycles. The van der Waals surface area contributed by atoms with Crippen LogP contribution in [-0.4, -0.2) is 84.1 Å². The van der Waals surface area contributed by atoms with Crippen LogP contribution in [0.2, 0.25) is 0 Å². The van der Waals surface area contributed by atoms with Crippen LogP contribution < -0.4 is 10.6 Å². The molecule has 5 rings (SSSR count). The molecule has 0 spiro atoms. The normalized spacial score (nSPS) is 22.4. The monoisotopic (exact) mass is 607 g/mol. The fraction of sp³-hybridized carbons (Fsp3) is 0.364. The predicted octanol–water partition coefficient (Wildman–Crippen LogP) is 1.84. The van der Waals surface area contributed by atoms with Gasteiger partial charge < -0.3 is 20.6 Å². The van der Waals surface area contributed by atoms with Gasteiger partial charge in [-0.1, -0.05) is 34.3 Å². The molecule has 4 heterocycles. The molecule has 0 bridgehead atoms. The van der Waals surface area contributed by atoms with E-state index in [0.29, 0.717) is 34.2 Å². The highest BCUT2D eigenvalue weighted by Gasteiger charge is 2.54. The Morgan fingerprint density at radius 1 is 1.38 bits per heavy atom. The summed E-state index contributed by atoms with van der Waals surface area (Å²) in [5.41, 5.74) is 0.534. The first kappa shape index (κ1) is 27.3. The van der Waals surface area contributed by atoms with Crippen molar-refractivity contribution >= 4 is 81.2 Å². The Morgan fingerprint density at radius 2 is 2.23 bits per heavy atom. The smallest absolute Gasteiger partial charge is 0.352 e. The molecule has 39 heavy (non-hydrogen) atoms. The van der Waals surface area contributed by atoms with Crippen molar-refractivity contribution in [3.8, 4) is 0 Å². The van der Waals surface area contributed by atoms with Gasteiger partial charge in [0.2, 0.25) is 6.41 Å². The van der Waals surface area contributed by atoms with Crippen LogP contribution >= 0.6 is 46.2 Å². The Labute approximate surface area is 238 Å². The quantitative estimate of drug-likeness (QED) is 0.0848. The number of aromatic nitrogens is 3. The molecular weight excluding hydrogens is 587 g/mol. The molecule has 0 aromatic carbocycles. The minimum absolute atomic E-state index is 0.0719. The van der Waals surface area contributed by atoms with Crippen molar-refractivity contribution in [1.82, 2.24) is 25.4 Å². The number of anilines is 1. The number of carbonyl (C=O) groups excluding carboxylic acids is 3. The second-order valence-corrected chi connectivity index (χ2v) is 12.8. The SMILES string of the molecule is Cc1nnc(SCC2=C(C(=O)O)N3C(=O)C(NC(=O)/C(=N\OC4C=CCC4)c4csc(NC=O)n4)[C@H]3SC2)s1. The molecule has 3 atom stereocenters. The largest absolute Gasteiger partial charge is 0.477 e. The number of thioether (sulfide) groups is 2. The van der Waals surface area contributed by atoms with Crippen LogP contribution in [0.1, 0.15) is 23.5 Å². The summed E-state index contributed by atoms with van der Waals surface area (Å²) in [5.74, 6) is -1.72. The van der Waals surface area contributed by atoms with Gasteiger partial charge in [-0.25, -0.2) is 9.78 Å². The Morgan fingerprint density at radius 3 is 2.92 bits per heavy atom. The molecule has 13 nitrogen and oxygen atoms in total. The van der Waals surface area contributed by atoms with Gasteiger partial charge in [-0.15, -0.1) is 33.3 Å². The number of rotatable bonds is 11. The third kappa shape index (κ3) is 5.85. The van der Waals surface area contributed by atoms with E-state index >= 15 is 0 Å². The topological polar surface area (TPSA) is 176 Å². The van der Waals surface area contributed by atoms with Crippen molar-refractivity contribution in [1.29, 1.82) is 0 Å². The summed E-state index contributed by atoms with van der Waals surface area (Å²) < 4.78 is 0.715. The van der Waals surface area contributed by atoms with Crippen LogP contribution in [-0.2, 0) is 24.0 Å². The Hall–Kier alpha value is -3.28. The third-order valence-corrected chi connectivity index (χ3v) is 9.98. The lowest BCUT2D eigenvalue weighted by molar-refractivity contribution is -0.150. The van der Waals surface area contributed by atoms with Crippen molar-refractivity contribution in [2.45, 2.75) is 41.6 Å². The van der Waals surface area contributed by atoms with E-state index in [1.54, 1.807) is 0 Å². The summed E-state index contributed by atoms with van der Waals surface area (Å²) in [7, 11) is 0. The van der Waals surface area contributed by atoms with Gasteiger partial charge >= 0.3 is 5.97 Å². The molecule has 2 aromatic rings. The minimum Gasteiger partial charge on any atom is -0.477 e. The van der Waals surface area contributed by atoms with E-state index in [1.807, 2.05) is 19.1 Å². The van der Waals surface area contributed by atoms with Gasteiger partial charge in [0.05, 0.1) is 0 Å². The van der Waals surface area contributed by atoms with E-state index in [9.17, 15) is 24.3 Å². The number of aliphatic carboxylic acids is 1. The average Bonchev–Trinajstić information content (AvgIpc) is 3.69. The van der Waals surface area contributed by atoms with E-state index < -0.39 is 29.2 Å². The van der Waals surface area contributed by atoms with Crippen molar-refractivity contribution in [2.24, 2.45) is 5.16 Å². The van der Waals surface area contributed by atoms with Crippen LogP contribution in [0.3, 0.4) is 0 Å². The van der Waals surface area contributed by atoms with Crippen molar-refractivity contribution in [3.63, 3.8) is 0 Å². The molecule has 3 aliphatic rings. The number of carboxylic acids is 1. The number of hydrogen-bond donors (Lipinski definition) is 3. The first-order valence-corrected chi connectivity index (χ1v) is 15.3. The molecule has 1 saturated heterocycles. The van der Waals surface area contributed by atoms with Crippen LogP contribution in [0, 0.1) is 6.92 Å². The number of β-lactam (4-membered cyclic amide) rings is 1. The first-order valence-electron chi connectivity index (χ1n) is 11.6. The van der Waals surface area contributed by atoms with Gasteiger partial charge in [0, 0.05) is 16.9 Å². The zero-order chi connectivity index (χ0) is 27.5. The van der Waals surface area contributed by atoms with Crippen LogP contribution in [0.4, 0.5) is 5.13 Å². The summed E-state index contributed by atoms with van der Waals surface area (Å²) in [6.07, 6.45) is 5.51. The molecule has 2 unspecified atom stereocenters. The number of allylic oxidation sites excluding steroid dienone is 1. The fourth-order valence-electron chi connectivity index (χ4n) is 4.01. The lowest BCUT2D eigenvalue weighted by Gasteiger charge is -2.49. The first-order chi connectivity index (χ1) is 18.9. The van der Waals surface area contributed by atoms with Crippen molar-refractivity contribution in [2.75, 3.05) is 16.8 Å². The molecule has 0 saturated carbocycles. The highest BCUT2D eigenvalue weighted by atomic mass is 32.2. The lowest BCUT2D eigenvalue weighted by Crippen LogP contribution is -2.71. The number of nitrogens with one attached hydrogen (secondary N) is 2. The lowest BCUT2D eigenvalue weighted by atomic mass is 10.0. The highest BCUT2D eigenvalue weighted by Crippen LogP contribution is 2.41. The zero-order valence-electron chi connectivity index (χ0n) is 20.2. The average molecular weight is 608 g/mol. The van der Waals surface area contributed by atoms with Crippen molar-refractivity contribution in [3.05, 3.63) is 39.5 Å². The number of carboxylic acid groups (broad SMARTS) is 1. The van der Waals surface area contributed by atoms with Gasteiger partial charge in [-0.05, 0) is 31.4 Å². The molecule has 1 fully saturated rings. The standard InChI is InChI=1S/C22H21N7O6S4/c1-10-26-27-22(39-10)38-7-11-6-36-19-15(18(32)29(19)16(11)20(33)34)25-17(31)14(28-35-12-4-2-3-5-12)13-8-37-21(24-13)23-9-30/h2,4,8-9,12,15,19H,3,5-7H2,1H3,(H,25,31)(H,33,34)(H,23,24,30)/b28-14-/t12?,15?,19-/m1/s1. The summed E-state index contributed by atoms with van der Waals surface area (Å²) in [6, 6.07) is -0.959. The van der Waals surface area contributed by atoms with E-state index in [0.717, 1.165) is 22.8 Å². The van der Waals surface area contributed by atoms with Gasteiger partial charge in [-0.2, -0.15) is 0 Å². The summed E-state index contributed by atoms with van der Waals surface area (Å²) in [6.45, 7) is 1.83. The van der Waals surface area contributed by atoms with Gasteiger partial charge in [0.1, 0.15) is 33.9 Å². The molecule has 0 radical (unpaired) electrons. The highest BCUT2D eigenvalue weighted by molar-refractivity contribution is 8.01. The summed E-state index contributed by atoms with van der Waals surface area (Å²) in [4.78, 5) is 60.3. The molecule has 17 heteroatoms. The fourth-order valence-corrected chi connectivity index (χ4v) is 7.96. The van der Waals surface area contributed by atoms with Crippen LogP contribution in [0.5, 0.6) is 0 Å². The number of amides is 3. The van der Waals surface area contributed by atoms with E-state index in [-0.39, 0.29) is 28.3 Å². The minimum atomic E-state index is -1.21. The Balaban J connectivity index is 1.31. The number of aryl methyl sites for hydroxylation is 1. The molecular formula is C22H21N7O6S4. The van der Waals surface area contributed by atoms with Gasteiger partial charge in [0.25, 0.3) is 11.8 Å².